The summed E-state index contributed by atoms with van der Waals surface area (Å²) in [6, 6.07) is 9.25. The van der Waals surface area contributed by atoms with Crippen LogP contribution in [-0.4, -0.2) is 13.0 Å². The number of aryl methyl sites for hydroxylation is 1. The highest BCUT2D eigenvalue weighted by atomic mass is 16.5. The van der Waals surface area contributed by atoms with Crippen LogP contribution in [0.25, 0.3) is 0 Å². The normalized spacial score (nSPS) is 10.1. The maximum atomic E-state index is 11.9. The van der Waals surface area contributed by atoms with Gasteiger partial charge < -0.3 is 14.5 Å². The molecule has 1 heterocycles. The van der Waals surface area contributed by atoms with Crippen LogP contribution >= 0.6 is 0 Å². The van der Waals surface area contributed by atoms with E-state index in [9.17, 15) is 4.79 Å². The monoisotopic (exact) mass is 245 g/mol. The Labute approximate surface area is 106 Å². The van der Waals surface area contributed by atoms with Gasteiger partial charge in [0.05, 0.1) is 18.9 Å². The van der Waals surface area contributed by atoms with Crippen molar-refractivity contribution in [1.82, 2.24) is 5.32 Å². The van der Waals surface area contributed by atoms with Crippen LogP contribution in [0.2, 0.25) is 0 Å². The number of benzene rings is 1. The number of hydrogen-bond donors (Lipinski definition) is 1. The van der Waals surface area contributed by atoms with Crippen LogP contribution in [0.5, 0.6) is 5.75 Å². The van der Waals surface area contributed by atoms with Crippen molar-refractivity contribution < 1.29 is 13.9 Å². The Hall–Kier alpha value is -2.23. The van der Waals surface area contributed by atoms with Gasteiger partial charge in [-0.05, 0) is 30.7 Å². The summed E-state index contributed by atoms with van der Waals surface area (Å²) in [6.45, 7) is 2.22. The second-order valence-electron chi connectivity index (χ2n) is 3.92. The smallest absolute Gasteiger partial charge is 0.255 e. The van der Waals surface area contributed by atoms with E-state index in [1.165, 1.54) is 6.26 Å². The molecule has 1 N–H and O–H groups in total. The SMILES string of the molecule is COc1cccc(CNC(=O)c2ccoc2C)c1. The predicted octanol–water partition coefficient (Wildman–Crippen LogP) is 2.53. The van der Waals surface area contributed by atoms with Crippen molar-refractivity contribution in [2.45, 2.75) is 13.5 Å². The predicted molar refractivity (Wildman–Crippen MR) is 67.6 cm³/mol. The van der Waals surface area contributed by atoms with Gasteiger partial charge in [-0.2, -0.15) is 0 Å². The minimum absolute atomic E-state index is 0.135. The molecule has 0 aliphatic rings. The van der Waals surface area contributed by atoms with Gasteiger partial charge in [0.2, 0.25) is 0 Å². The highest BCUT2D eigenvalue weighted by molar-refractivity contribution is 5.94. The molecule has 0 aliphatic heterocycles. The molecule has 18 heavy (non-hydrogen) atoms. The van der Waals surface area contributed by atoms with Gasteiger partial charge in [0, 0.05) is 6.54 Å². The zero-order valence-corrected chi connectivity index (χ0v) is 10.4. The Morgan fingerprint density at radius 2 is 2.22 bits per heavy atom. The Kier molecular flexibility index (Phi) is 3.67. The summed E-state index contributed by atoms with van der Waals surface area (Å²) in [5.41, 5.74) is 1.56. The number of furan rings is 1. The van der Waals surface area contributed by atoms with Crippen LogP contribution in [-0.2, 0) is 6.54 Å². The fraction of sp³-hybridized carbons (Fsp3) is 0.214. The third-order valence-electron chi connectivity index (χ3n) is 2.69. The van der Waals surface area contributed by atoms with Gasteiger partial charge in [0.1, 0.15) is 11.5 Å². The summed E-state index contributed by atoms with van der Waals surface area (Å²) >= 11 is 0. The lowest BCUT2D eigenvalue weighted by Crippen LogP contribution is -2.22. The summed E-state index contributed by atoms with van der Waals surface area (Å²) in [4.78, 5) is 11.9. The van der Waals surface area contributed by atoms with Gasteiger partial charge in [-0.3, -0.25) is 4.79 Å². The summed E-state index contributed by atoms with van der Waals surface area (Å²) in [7, 11) is 1.62. The third-order valence-corrected chi connectivity index (χ3v) is 2.69. The standard InChI is InChI=1S/C14H15NO3/c1-10-13(6-7-18-10)14(16)15-9-11-4-3-5-12(8-11)17-2/h3-8H,9H2,1-2H3,(H,15,16). The second kappa shape index (κ2) is 5.40. The largest absolute Gasteiger partial charge is 0.497 e. The molecule has 0 saturated heterocycles. The number of methoxy groups -OCH3 is 1. The molecule has 0 radical (unpaired) electrons. The molecule has 94 valence electrons. The first-order valence-electron chi connectivity index (χ1n) is 5.66. The molecule has 1 aromatic carbocycles. The van der Waals surface area contributed by atoms with Crippen LogP contribution in [0.4, 0.5) is 0 Å². The summed E-state index contributed by atoms with van der Waals surface area (Å²) in [5.74, 6) is 1.27. The average Bonchev–Trinajstić information content (AvgIpc) is 2.82. The Morgan fingerprint density at radius 3 is 2.89 bits per heavy atom. The van der Waals surface area contributed by atoms with E-state index in [-0.39, 0.29) is 5.91 Å². The molecular formula is C14H15NO3. The maximum Gasteiger partial charge on any atom is 0.255 e. The molecule has 0 bridgehead atoms. The molecule has 0 aliphatic carbocycles. The maximum absolute atomic E-state index is 11.9. The minimum Gasteiger partial charge on any atom is -0.497 e. The zero-order chi connectivity index (χ0) is 13.0. The van der Waals surface area contributed by atoms with E-state index in [1.54, 1.807) is 20.1 Å². The van der Waals surface area contributed by atoms with E-state index < -0.39 is 0 Å². The van der Waals surface area contributed by atoms with E-state index >= 15 is 0 Å². The lowest BCUT2D eigenvalue weighted by atomic mass is 10.2. The number of hydrogen-bond acceptors (Lipinski definition) is 3. The van der Waals surface area contributed by atoms with Crippen molar-refractivity contribution >= 4 is 5.91 Å². The number of ether oxygens (including phenoxy) is 1. The van der Waals surface area contributed by atoms with Crippen molar-refractivity contribution in [2.24, 2.45) is 0 Å². The molecule has 0 atom stereocenters. The van der Waals surface area contributed by atoms with Gasteiger partial charge in [0.15, 0.2) is 0 Å². The van der Waals surface area contributed by atoms with Crippen LogP contribution in [0, 0.1) is 6.92 Å². The topological polar surface area (TPSA) is 51.5 Å². The first-order valence-corrected chi connectivity index (χ1v) is 5.66. The number of amides is 1. The first-order chi connectivity index (χ1) is 8.70. The molecule has 2 aromatic rings. The first kappa shape index (κ1) is 12.2. The lowest BCUT2D eigenvalue weighted by molar-refractivity contribution is 0.0949. The average molecular weight is 245 g/mol. The van der Waals surface area contributed by atoms with E-state index in [0.717, 1.165) is 11.3 Å². The van der Waals surface area contributed by atoms with Gasteiger partial charge in [-0.15, -0.1) is 0 Å². The molecule has 1 amide bonds. The van der Waals surface area contributed by atoms with Crippen LogP contribution in [0.1, 0.15) is 21.7 Å². The second-order valence-corrected chi connectivity index (χ2v) is 3.92. The highest BCUT2D eigenvalue weighted by Gasteiger charge is 2.10. The van der Waals surface area contributed by atoms with E-state index in [0.29, 0.717) is 17.9 Å². The number of carbonyl (C=O) groups excluding carboxylic acids is 1. The Balaban J connectivity index is 1.99. The molecule has 0 spiro atoms. The number of nitrogens with one attached hydrogen (secondary N) is 1. The van der Waals surface area contributed by atoms with E-state index in [2.05, 4.69) is 5.32 Å². The minimum atomic E-state index is -0.135. The van der Waals surface area contributed by atoms with Gasteiger partial charge >= 0.3 is 0 Å². The van der Waals surface area contributed by atoms with Gasteiger partial charge in [-0.25, -0.2) is 0 Å². The Bertz CT molecular complexity index is 545. The van der Waals surface area contributed by atoms with Crippen LogP contribution in [0.15, 0.2) is 41.0 Å². The van der Waals surface area contributed by atoms with Crippen molar-refractivity contribution in [2.75, 3.05) is 7.11 Å². The number of carbonyl (C=O) groups is 1. The number of rotatable bonds is 4. The fourth-order valence-electron chi connectivity index (χ4n) is 1.68. The molecule has 0 unspecified atom stereocenters. The molecule has 4 heteroatoms. The third kappa shape index (κ3) is 2.71. The quantitative estimate of drug-likeness (QED) is 0.900. The molecular weight excluding hydrogens is 230 g/mol. The Morgan fingerprint density at radius 1 is 1.39 bits per heavy atom. The van der Waals surface area contributed by atoms with Gasteiger partial charge in [-0.1, -0.05) is 12.1 Å². The molecule has 2 rings (SSSR count). The van der Waals surface area contributed by atoms with Crippen molar-refractivity contribution in [1.29, 1.82) is 0 Å². The zero-order valence-electron chi connectivity index (χ0n) is 10.4. The molecule has 0 saturated carbocycles. The highest BCUT2D eigenvalue weighted by Crippen LogP contribution is 2.13. The fourth-order valence-corrected chi connectivity index (χ4v) is 1.68. The van der Waals surface area contributed by atoms with E-state index in [4.69, 9.17) is 9.15 Å². The molecule has 4 nitrogen and oxygen atoms in total. The summed E-state index contributed by atoms with van der Waals surface area (Å²) in [5, 5.41) is 2.84. The summed E-state index contributed by atoms with van der Waals surface area (Å²) in [6.07, 6.45) is 1.51. The van der Waals surface area contributed by atoms with Crippen molar-refractivity contribution in [3.05, 3.63) is 53.5 Å². The van der Waals surface area contributed by atoms with E-state index in [1.807, 2.05) is 24.3 Å². The molecule has 1 aromatic heterocycles. The molecule has 0 fully saturated rings. The van der Waals surface area contributed by atoms with Crippen molar-refractivity contribution in [3.8, 4) is 5.75 Å². The van der Waals surface area contributed by atoms with Crippen LogP contribution < -0.4 is 10.1 Å². The summed E-state index contributed by atoms with van der Waals surface area (Å²) < 4.78 is 10.2. The van der Waals surface area contributed by atoms with Crippen LogP contribution in [0.3, 0.4) is 0 Å². The van der Waals surface area contributed by atoms with Crippen molar-refractivity contribution in [3.63, 3.8) is 0 Å². The lowest BCUT2D eigenvalue weighted by Gasteiger charge is -2.06. The van der Waals surface area contributed by atoms with Gasteiger partial charge in [0.25, 0.3) is 5.91 Å².